The number of nitrogens with zero attached hydrogens (tertiary/aromatic N) is 2. The highest BCUT2D eigenvalue weighted by Gasteiger charge is 2.17. The number of aromatic nitrogens is 2. The van der Waals surface area contributed by atoms with E-state index in [4.69, 9.17) is 0 Å². The lowest BCUT2D eigenvalue weighted by Crippen LogP contribution is -2.32. The summed E-state index contributed by atoms with van der Waals surface area (Å²) >= 11 is 2.72. The van der Waals surface area contributed by atoms with E-state index in [9.17, 15) is 9.59 Å². The zero-order valence-corrected chi connectivity index (χ0v) is 17.8. The first kappa shape index (κ1) is 20.4. The molecule has 1 amide bonds. The molecular weight excluding hydrogens is 390 g/mol. The number of carbonyl (C=O) groups is 1. The van der Waals surface area contributed by atoms with Crippen molar-refractivity contribution in [1.29, 1.82) is 0 Å². The third-order valence-corrected chi connectivity index (χ3v) is 5.96. The summed E-state index contributed by atoms with van der Waals surface area (Å²) in [6, 6.07) is 8.19. The van der Waals surface area contributed by atoms with Crippen molar-refractivity contribution in [3.63, 3.8) is 0 Å². The van der Waals surface area contributed by atoms with Crippen LogP contribution in [0.2, 0.25) is 0 Å². The highest BCUT2D eigenvalue weighted by atomic mass is 32.2. The minimum atomic E-state index is -0.103. The van der Waals surface area contributed by atoms with Crippen LogP contribution < -0.4 is 10.9 Å². The molecule has 7 heteroatoms. The smallest absolute Gasteiger partial charge is 0.263 e. The molecule has 0 bridgehead atoms. The molecule has 0 unspecified atom stereocenters. The van der Waals surface area contributed by atoms with Gasteiger partial charge in [0.15, 0.2) is 5.16 Å². The standard InChI is InChI=1S/C21H23N3O2S2/c1-5-10-24-20(26)18-16(15-8-6-14(4)7-9-15)11-27-19(18)23-21(24)28-12-17(25)22-13(2)3/h5-9,11,13H,1,10,12H2,2-4H3,(H,22,25). The highest BCUT2D eigenvalue weighted by molar-refractivity contribution is 7.99. The lowest BCUT2D eigenvalue weighted by molar-refractivity contribution is -0.119. The van der Waals surface area contributed by atoms with E-state index in [-0.39, 0.29) is 23.3 Å². The van der Waals surface area contributed by atoms with Gasteiger partial charge in [-0.05, 0) is 26.3 Å². The molecule has 5 nitrogen and oxygen atoms in total. The van der Waals surface area contributed by atoms with Crippen LogP contribution in [-0.4, -0.2) is 27.3 Å². The van der Waals surface area contributed by atoms with Gasteiger partial charge in [0.25, 0.3) is 5.56 Å². The van der Waals surface area contributed by atoms with Crippen LogP contribution in [0.5, 0.6) is 0 Å². The summed E-state index contributed by atoms with van der Waals surface area (Å²) in [4.78, 5) is 30.6. The van der Waals surface area contributed by atoms with Crippen molar-refractivity contribution in [1.82, 2.24) is 14.9 Å². The molecule has 0 spiro atoms. The molecule has 1 aromatic carbocycles. The van der Waals surface area contributed by atoms with E-state index in [1.54, 1.807) is 10.6 Å². The summed E-state index contributed by atoms with van der Waals surface area (Å²) in [6.07, 6.45) is 1.67. The molecule has 2 aromatic heterocycles. The molecule has 0 aliphatic carbocycles. The molecule has 146 valence electrons. The lowest BCUT2D eigenvalue weighted by Gasteiger charge is -2.12. The SMILES string of the molecule is C=CCn1c(SCC(=O)NC(C)C)nc2scc(-c3ccc(C)cc3)c2c1=O. The molecule has 0 saturated heterocycles. The van der Waals surface area contributed by atoms with Crippen LogP contribution in [0.4, 0.5) is 0 Å². The second-order valence-electron chi connectivity index (χ2n) is 6.81. The summed E-state index contributed by atoms with van der Waals surface area (Å²) < 4.78 is 1.59. The predicted molar refractivity (Wildman–Crippen MR) is 118 cm³/mol. The van der Waals surface area contributed by atoms with Crippen LogP contribution >= 0.6 is 23.1 Å². The first-order valence-corrected chi connectivity index (χ1v) is 10.9. The highest BCUT2D eigenvalue weighted by Crippen LogP contribution is 2.32. The van der Waals surface area contributed by atoms with E-state index in [1.165, 1.54) is 28.7 Å². The van der Waals surface area contributed by atoms with Gasteiger partial charge in [-0.1, -0.05) is 47.7 Å². The van der Waals surface area contributed by atoms with E-state index in [0.717, 1.165) is 11.1 Å². The monoisotopic (exact) mass is 413 g/mol. The average molecular weight is 414 g/mol. The number of thioether (sulfide) groups is 1. The van der Waals surface area contributed by atoms with Gasteiger partial charge in [0.05, 0.1) is 11.1 Å². The molecule has 0 atom stereocenters. The Kier molecular flexibility index (Phi) is 6.36. The number of thiophene rings is 1. The maximum Gasteiger partial charge on any atom is 0.263 e. The van der Waals surface area contributed by atoms with Gasteiger partial charge < -0.3 is 5.32 Å². The van der Waals surface area contributed by atoms with E-state index in [1.807, 2.05) is 50.4 Å². The third-order valence-electron chi connectivity index (χ3n) is 4.11. The quantitative estimate of drug-likeness (QED) is 0.358. The first-order chi connectivity index (χ1) is 13.4. The summed E-state index contributed by atoms with van der Waals surface area (Å²) in [5.41, 5.74) is 2.96. The van der Waals surface area contributed by atoms with Gasteiger partial charge in [0.2, 0.25) is 5.91 Å². The van der Waals surface area contributed by atoms with Crippen LogP contribution in [0.25, 0.3) is 21.3 Å². The lowest BCUT2D eigenvalue weighted by atomic mass is 10.1. The van der Waals surface area contributed by atoms with E-state index < -0.39 is 0 Å². The number of hydrogen-bond donors (Lipinski definition) is 1. The number of fused-ring (bicyclic) bond motifs is 1. The molecule has 3 rings (SSSR count). The fraction of sp³-hybridized carbons (Fsp3) is 0.286. The Morgan fingerprint density at radius 2 is 2.07 bits per heavy atom. The predicted octanol–water partition coefficient (Wildman–Crippen LogP) is 4.24. The van der Waals surface area contributed by atoms with Gasteiger partial charge in [0, 0.05) is 23.5 Å². The molecule has 2 heterocycles. The first-order valence-electron chi connectivity index (χ1n) is 9.02. The Labute approximate surface area is 172 Å². The van der Waals surface area contributed by atoms with Gasteiger partial charge in [-0.25, -0.2) is 4.98 Å². The molecule has 0 aliphatic rings. The van der Waals surface area contributed by atoms with Crippen LogP contribution in [0.3, 0.4) is 0 Å². The average Bonchev–Trinajstić information content (AvgIpc) is 3.07. The molecule has 0 radical (unpaired) electrons. The van der Waals surface area contributed by atoms with Crippen LogP contribution in [-0.2, 0) is 11.3 Å². The molecule has 1 N–H and O–H groups in total. The second kappa shape index (κ2) is 8.75. The van der Waals surface area contributed by atoms with E-state index in [2.05, 4.69) is 16.9 Å². The van der Waals surface area contributed by atoms with Crippen molar-refractivity contribution in [2.75, 3.05) is 5.75 Å². The zero-order chi connectivity index (χ0) is 20.3. The van der Waals surface area contributed by atoms with Gasteiger partial charge in [0.1, 0.15) is 4.83 Å². The minimum Gasteiger partial charge on any atom is -0.353 e. The Morgan fingerprint density at radius 1 is 1.36 bits per heavy atom. The van der Waals surface area contributed by atoms with Gasteiger partial charge in [-0.2, -0.15) is 0 Å². The number of rotatable bonds is 7. The van der Waals surface area contributed by atoms with Gasteiger partial charge >= 0.3 is 0 Å². The minimum absolute atomic E-state index is 0.0771. The summed E-state index contributed by atoms with van der Waals surface area (Å²) in [5, 5.41) is 5.98. The molecular formula is C21H23N3O2S2. The third kappa shape index (κ3) is 4.36. The number of carbonyl (C=O) groups excluding carboxylic acids is 1. The Balaban J connectivity index is 2.03. The van der Waals surface area contributed by atoms with Crippen LogP contribution in [0, 0.1) is 6.92 Å². The maximum absolute atomic E-state index is 13.3. The van der Waals surface area contributed by atoms with Crippen molar-refractivity contribution in [2.45, 2.75) is 38.5 Å². The molecule has 0 saturated carbocycles. The molecule has 3 aromatic rings. The summed E-state index contributed by atoms with van der Waals surface area (Å²) in [7, 11) is 0. The Bertz CT molecular complexity index is 1070. The fourth-order valence-corrected chi connectivity index (χ4v) is 4.65. The number of nitrogens with one attached hydrogen (secondary N) is 1. The number of amides is 1. The largest absolute Gasteiger partial charge is 0.353 e. The van der Waals surface area contributed by atoms with E-state index in [0.29, 0.717) is 21.9 Å². The van der Waals surface area contributed by atoms with Gasteiger partial charge in [-0.15, -0.1) is 17.9 Å². The molecule has 0 aliphatic heterocycles. The fourth-order valence-electron chi connectivity index (χ4n) is 2.85. The number of benzene rings is 1. The Hall–Kier alpha value is -2.38. The van der Waals surface area contributed by atoms with Crippen molar-refractivity contribution in [2.24, 2.45) is 0 Å². The zero-order valence-electron chi connectivity index (χ0n) is 16.2. The van der Waals surface area contributed by atoms with Crippen LogP contribution in [0.15, 0.2) is 52.3 Å². The molecule has 28 heavy (non-hydrogen) atoms. The number of hydrogen-bond acceptors (Lipinski definition) is 5. The normalized spacial score (nSPS) is 11.1. The molecule has 0 fully saturated rings. The van der Waals surface area contributed by atoms with Crippen molar-refractivity contribution in [3.05, 3.63) is 58.2 Å². The van der Waals surface area contributed by atoms with Crippen molar-refractivity contribution >= 4 is 39.2 Å². The van der Waals surface area contributed by atoms with Crippen molar-refractivity contribution < 1.29 is 4.79 Å². The van der Waals surface area contributed by atoms with Gasteiger partial charge in [-0.3, -0.25) is 14.2 Å². The van der Waals surface area contributed by atoms with Crippen molar-refractivity contribution in [3.8, 4) is 11.1 Å². The summed E-state index contributed by atoms with van der Waals surface area (Å²) in [5.74, 6) is 0.134. The number of aryl methyl sites for hydroxylation is 1. The topological polar surface area (TPSA) is 64.0 Å². The maximum atomic E-state index is 13.3. The van der Waals surface area contributed by atoms with Crippen LogP contribution in [0.1, 0.15) is 19.4 Å². The number of allylic oxidation sites excluding steroid dienone is 1. The summed E-state index contributed by atoms with van der Waals surface area (Å²) in [6.45, 7) is 9.97. The Morgan fingerprint density at radius 3 is 2.71 bits per heavy atom. The second-order valence-corrected chi connectivity index (χ2v) is 8.61. The van der Waals surface area contributed by atoms with E-state index >= 15 is 0 Å².